The maximum absolute atomic E-state index is 12.6. The lowest BCUT2D eigenvalue weighted by molar-refractivity contribution is -0.138. The van der Waals surface area contributed by atoms with E-state index in [1.54, 1.807) is 34.1 Å². The van der Waals surface area contributed by atoms with Crippen molar-refractivity contribution in [2.75, 3.05) is 18.0 Å². The fourth-order valence-electron chi connectivity index (χ4n) is 3.16. The highest BCUT2D eigenvalue weighted by molar-refractivity contribution is 5.98. The number of piperazine rings is 1. The van der Waals surface area contributed by atoms with Crippen LogP contribution in [0.5, 0.6) is 5.75 Å². The third-order valence-corrected chi connectivity index (χ3v) is 4.55. The van der Waals surface area contributed by atoms with E-state index in [9.17, 15) is 14.7 Å². The summed E-state index contributed by atoms with van der Waals surface area (Å²) in [6.07, 6.45) is 0.0920. The molecule has 1 fully saturated rings. The molecule has 1 heterocycles. The number of nitrogens with zero attached hydrogens (tertiary/aromatic N) is 2. The van der Waals surface area contributed by atoms with Crippen LogP contribution in [0.2, 0.25) is 0 Å². The molecule has 1 saturated heterocycles. The zero-order valence-electron chi connectivity index (χ0n) is 14.5. The Bertz CT molecular complexity index is 803. The van der Waals surface area contributed by atoms with Gasteiger partial charge in [-0.1, -0.05) is 30.3 Å². The second-order valence-corrected chi connectivity index (χ2v) is 6.52. The Morgan fingerprint density at radius 3 is 2.68 bits per heavy atom. The van der Waals surface area contributed by atoms with Gasteiger partial charge in [0, 0.05) is 23.8 Å². The van der Waals surface area contributed by atoms with Crippen LogP contribution in [0, 0.1) is 6.92 Å². The van der Waals surface area contributed by atoms with Gasteiger partial charge in [-0.2, -0.15) is 0 Å². The lowest BCUT2D eigenvalue weighted by Gasteiger charge is -2.39. The minimum atomic E-state index is -0.147. The first kappa shape index (κ1) is 17.0. The van der Waals surface area contributed by atoms with Crippen molar-refractivity contribution in [3.8, 4) is 5.75 Å². The predicted octanol–water partition coefficient (Wildman–Crippen LogP) is 2.51. The minimum Gasteiger partial charge on any atom is -0.508 e. The summed E-state index contributed by atoms with van der Waals surface area (Å²) in [4.78, 5) is 28.5. The van der Waals surface area contributed by atoms with Crippen LogP contribution in [0.15, 0.2) is 48.5 Å². The minimum absolute atomic E-state index is 0.0571. The molecule has 1 aliphatic heterocycles. The number of phenolic OH excluding ortho intramolecular Hbond substituents is 1. The average molecular weight is 338 g/mol. The van der Waals surface area contributed by atoms with Crippen LogP contribution >= 0.6 is 0 Å². The number of hydrogen-bond donors (Lipinski definition) is 1. The van der Waals surface area contributed by atoms with Crippen LogP contribution in [0.25, 0.3) is 0 Å². The van der Waals surface area contributed by atoms with Gasteiger partial charge in [0.15, 0.2) is 0 Å². The third kappa shape index (κ3) is 3.65. The van der Waals surface area contributed by atoms with Crippen molar-refractivity contribution < 1.29 is 14.7 Å². The summed E-state index contributed by atoms with van der Waals surface area (Å²) in [6, 6.07) is 14.5. The van der Waals surface area contributed by atoms with Crippen molar-refractivity contribution in [2.24, 2.45) is 0 Å². The number of carbonyl (C=O) groups is 2. The summed E-state index contributed by atoms with van der Waals surface area (Å²) >= 11 is 0. The smallest absolute Gasteiger partial charge is 0.246 e. The molecule has 0 bridgehead atoms. The maximum atomic E-state index is 12.6. The van der Waals surface area contributed by atoms with E-state index >= 15 is 0 Å². The molecule has 5 nitrogen and oxygen atoms in total. The number of aromatic hydroxyl groups is 1. The van der Waals surface area contributed by atoms with Gasteiger partial charge in [-0.3, -0.25) is 9.59 Å². The quantitative estimate of drug-likeness (QED) is 0.935. The Hall–Kier alpha value is -2.82. The SMILES string of the molecule is Cc1cccc(N2CC(C)N(C(=O)Cc3ccccc3O)CC2=O)c1. The van der Waals surface area contributed by atoms with Gasteiger partial charge in [-0.25, -0.2) is 0 Å². The average Bonchev–Trinajstić information content (AvgIpc) is 2.58. The standard InChI is InChI=1S/C20H22N2O3/c1-14-6-5-8-17(10-14)22-12-15(2)21(13-20(22)25)19(24)11-16-7-3-4-9-18(16)23/h3-10,15,23H,11-13H2,1-2H3. The van der Waals surface area contributed by atoms with Crippen LogP contribution in [-0.4, -0.2) is 41.0 Å². The molecule has 5 heteroatoms. The fourth-order valence-corrected chi connectivity index (χ4v) is 3.16. The molecule has 2 aromatic rings. The zero-order chi connectivity index (χ0) is 18.0. The first-order chi connectivity index (χ1) is 12.0. The number of aryl methyl sites for hydroxylation is 1. The number of rotatable bonds is 3. The summed E-state index contributed by atoms with van der Waals surface area (Å²) in [5, 5.41) is 9.85. The number of anilines is 1. The third-order valence-electron chi connectivity index (χ3n) is 4.55. The summed E-state index contributed by atoms with van der Waals surface area (Å²) in [6.45, 7) is 4.46. The summed E-state index contributed by atoms with van der Waals surface area (Å²) < 4.78 is 0. The van der Waals surface area contributed by atoms with E-state index in [1.165, 1.54) is 0 Å². The van der Waals surface area contributed by atoms with Crippen molar-refractivity contribution in [3.63, 3.8) is 0 Å². The van der Waals surface area contributed by atoms with Crippen molar-refractivity contribution in [1.82, 2.24) is 4.90 Å². The van der Waals surface area contributed by atoms with E-state index in [0.717, 1.165) is 11.3 Å². The van der Waals surface area contributed by atoms with Gasteiger partial charge in [-0.05, 0) is 37.6 Å². The molecule has 1 atom stereocenters. The highest BCUT2D eigenvalue weighted by atomic mass is 16.3. The van der Waals surface area contributed by atoms with Crippen LogP contribution in [0.3, 0.4) is 0 Å². The van der Waals surface area contributed by atoms with Crippen molar-refractivity contribution >= 4 is 17.5 Å². The van der Waals surface area contributed by atoms with Crippen molar-refractivity contribution in [3.05, 3.63) is 59.7 Å². The van der Waals surface area contributed by atoms with Gasteiger partial charge in [-0.15, -0.1) is 0 Å². The van der Waals surface area contributed by atoms with Crippen LogP contribution in [0.4, 0.5) is 5.69 Å². The van der Waals surface area contributed by atoms with E-state index in [4.69, 9.17) is 0 Å². The van der Waals surface area contributed by atoms with Gasteiger partial charge >= 0.3 is 0 Å². The first-order valence-electron chi connectivity index (χ1n) is 8.39. The van der Waals surface area contributed by atoms with Gasteiger partial charge in [0.2, 0.25) is 11.8 Å². The molecule has 1 aliphatic rings. The Kier molecular flexibility index (Phi) is 4.74. The molecule has 0 radical (unpaired) electrons. The first-order valence-corrected chi connectivity index (χ1v) is 8.39. The Labute approximate surface area is 147 Å². The lowest BCUT2D eigenvalue weighted by atomic mass is 10.1. The molecule has 3 rings (SSSR count). The molecule has 2 amide bonds. The monoisotopic (exact) mass is 338 g/mol. The van der Waals surface area contributed by atoms with E-state index in [-0.39, 0.29) is 36.6 Å². The van der Waals surface area contributed by atoms with Gasteiger partial charge in [0.25, 0.3) is 0 Å². The second-order valence-electron chi connectivity index (χ2n) is 6.52. The molecule has 25 heavy (non-hydrogen) atoms. The predicted molar refractivity (Wildman–Crippen MR) is 96.5 cm³/mol. The second kappa shape index (κ2) is 6.97. The normalized spacial score (nSPS) is 17.7. The van der Waals surface area contributed by atoms with Gasteiger partial charge in [0.1, 0.15) is 12.3 Å². The van der Waals surface area contributed by atoms with E-state index in [1.807, 2.05) is 38.1 Å². The zero-order valence-corrected chi connectivity index (χ0v) is 14.5. The molecule has 2 aromatic carbocycles. The van der Waals surface area contributed by atoms with E-state index in [0.29, 0.717) is 12.1 Å². The molecule has 130 valence electrons. The fraction of sp³-hybridized carbons (Fsp3) is 0.300. The summed E-state index contributed by atoms with van der Waals surface area (Å²) in [7, 11) is 0. The largest absolute Gasteiger partial charge is 0.508 e. The molecule has 1 N–H and O–H groups in total. The maximum Gasteiger partial charge on any atom is 0.246 e. The van der Waals surface area contributed by atoms with Gasteiger partial charge in [0.05, 0.1) is 6.42 Å². The highest BCUT2D eigenvalue weighted by Crippen LogP contribution is 2.23. The number of hydrogen-bond acceptors (Lipinski definition) is 3. The van der Waals surface area contributed by atoms with Crippen molar-refractivity contribution in [2.45, 2.75) is 26.3 Å². The Morgan fingerprint density at radius 1 is 1.20 bits per heavy atom. The topological polar surface area (TPSA) is 60.9 Å². The molecule has 0 aromatic heterocycles. The van der Waals surface area contributed by atoms with Crippen LogP contribution in [-0.2, 0) is 16.0 Å². The number of benzene rings is 2. The number of carbonyl (C=O) groups excluding carboxylic acids is 2. The molecular formula is C20H22N2O3. The molecule has 0 saturated carbocycles. The molecule has 1 unspecified atom stereocenters. The van der Waals surface area contributed by atoms with Crippen LogP contribution in [0.1, 0.15) is 18.1 Å². The lowest BCUT2D eigenvalue weighted by Crippen LogP contribution is -2.57. The Morgan fingerprint density at radius 2 is 1.96 bits per heavy atom. The highest BCUT2D eigenvalue weighted by Gasteiger charge is 2.33. The number of amides is 2. The Balaban J connectivity index is 1.73. The van der Waals surface area contributed by atoms with E-state index < -0.39 is 0 Å². The van der Waals surface area contributed by atoms with Crippen molar-refractivity contribution in [1.29, 1.82) is 0 Å². The molecule has 0 aliphatic carbocycles. The molecule has 0 spiro atoms. The molecular weight excluding hydrogens is 316 g/mol. The van der Waals surface area contributed by atoms with E-state index in [2.05, 4.69) is 0 Å². The number of phenols is 1. The summed E-state index contributed by atoms with van der Waals surface area (Å²) in [5.41, 5.74) is 2.54. The number of para-hydroxylation sites is 1. The van der Waals surface area contributed by atoms with Crippen LogP contribution < -0.4 is 4.90 Å². The van der Waals surface area contributed by atoms with Gasteiger partial charge < -0.3 is 14.9 Å². The summed E-state index contributed by atoms with van der Waals surface area (Å²) in [5.74, 6) is -0.131.